The third-order valence-corrected chi connectivity index (χ3v) is 7.33. The second-order valence-corrected chi connectivity index (χ2v) is 9.12. The monoisotopic (exact) mass is 414 g/mol. The number of aromatic amines is 1. The molecule has 0 atom stereocenters. The fourth-order valence-electron chi connectivity index (χ4n) is 4.64. The summed E-state index contributed by atoms with van der Waals surface area (Å²) < 4.78 is 19.9. The van der Waals surface area contributed by atoms with Crippen molar-refractivity contribution in [2.75, 3.05) is 25.1 Å². The molecule has 1 aliphatic heterocycles. The van der Waals surface area contributed by atoms with Crippen LogP contribution in [0.25, 0.3) is 21.1 Å². The number of fused-ring (bicyclic) bond motifs is 2. The SMILES string of the molecule is CON=C1CN(c2cc3c(cc2F)c(=O)c2c(=O)[nH]sc2n3C2CC2)CC12CC2. The van der Waals surface area contributed by atoms with Gasteiger partial charge in [-0.3, -0.25) is 14.0 Å². The standard InChI is InChI=1S/C20H19FN4O3S/c1-28-22-15-8-24(9-20(15)4-5-20)14-7-13-11(6-12(14)21)17(26)16-18(27)23-29-19(16)25(13)10-2-3-10/h6-7,10H,2-5,8-9H2,1H3,(H,23,27). The minimum absolute atomic E-state index is 0.00229. The van der Waals surface area contributed by atoms with Gasteiger partial charge in [-0.25, -0.2) is 4.39 Å². The van der Waals surface area contributed by atoms with Crippen LogP contribution in [-0.2, 0) is 4.84 Å². The summed E-state index contributed by atoms with van der Waals surface area (Å²) in [5, 5.41) is 4.58. The highest BCUT2D eigenvalue weighted by Crippen LogP contribution is 2.52. The molecule has 3 aromatic rings. The van der Waals surface area contributed by atoms with Crippen molar-refractivity contribution < 1.29 is 9.23 Å². The Morgan fingerprint density at radius 2 is 2.10 bits per heavy atom. The van der Waals surface area contributed by atoms with Gasteiger partial charge in [0.1, 0.15) is 23.1 Å². The molecule has 2 saturated carbocycles. The topological polar surface area (TPSA) is 79.7 Å². The van der Waals surface area contributed by atoms with E-state index in [2.05, 4.69) is 9.53 Å². The van der Waals surface area contributed by atoms with Crippen LogP contribution >= 0.6 is 11.5 Å². The van der Waals surface area contributed by atoms with E-state index in [1.54, 1.807) is 6.07 Å². The number of rotatable bonds is 3. The number of benzene rings is 1. The van der Waals surface area contributed by atoms with Gasteiger partial charge in [0, 0.05) is 23.4 Å². The van der Waals surface area contributed by atoms with E-state index >= 15 is 4.39 Å². The number of hydrogen-bond donors (Lipinski definition) is 1. The van der Waals surface area contributed by atoms with Gasteiger partial charge in [0.15, 0.2) is 0 Å². The zero-order valence-corrected chi connectivity index (χ0v) is 16.6. The molecule has 1 aromatic carbocycles. The third kappa shape index (κ3) is 2.36. The van der Waals surface area contributed by atoms with E-state index in [1.165, 1.54) is 24.7 Å². The molecule has 29 heavy (non-hydrogen) atoms. The average molecular weight is 414 g/mol. The summed E-state index contributed by atoms with van der Waals surface area (Å²) in [5.41, 5.74) is 1.32. The fraction of sp³-hybridized carbons (Fsp3) is 0.450. The van der Waals surface area contributed by atoms with Gasteiger partial charge in [0.2, 0.25) is 5.43 Å². The predicted molar refractivity (Wildman–Crippen MR) is 111 cm³/mol. The summed E-state index contributed by atoms with van der Waals surface area (Å²) in [4.78, 5) is 32.8. The van der Waals surface area contributed by atoms with E-state index in [-0.39, 0.29) is 22.2 Å². The molecule has 1 saturated heterocycles. The van der Waals surface area contributed by atoms with Gasteiger partial charge in [-0.05, 0) is 49.3 Å². The number of nitrogens with one attached hydrogen (secondary N) is 1. The Kier molecular flexibility index (Phi) is 3.37. The second-order valence-electron chi connectivity index (χ2n) is 8.32. The van der Waals surface area contributed by atoms with Crippen LogP contribution in [0.15, 0.2) is 26.9 Å². The van der Waals surface area contributed by atoms with E-state index in [0.717, 1.165) is 31.4 Å². The Balaban J connectivity index is 1.59. The molecule has 1 spiro atoms. The van der Waals surface area contributed by atoms with Crippen molar-refractivity contribution in [1.82, 2.24) is 8.94 Å². The first-order valence-corrected chi connectivity index (χ1v) is 10.6. The molecular formula is C20H19FN4O3S. The summed E-state index contributed by atoms with van der Waals surface area (Å²) >= 11 is 1.18. The molecule has 1 N–H and O–H groups in total. The number of pyridine rings is 1. The van der Waals surface area contributed by atoms with Crippen LogP contribution in [0.1, 0.15) is 31.7 Å². The lowest BCUT2D eigenvalue weighted by atomic mass is 10.1. The molecule has 6 rings (SSSR count). The number of aromatic nitrogens is 2. The van der Waals surface area contributed by atoms with Gasteiger partial charge >= 0.3 is 0 Å². The van der Waals surface area contributed by atoms with Gasteiger partial charge in [-0.15, -0.1) is 0 Å². The summed E-state index contributed by atoms with van der Waals surface area (Å²) in [6.45, 7) is 1.22. The van der Waals surface area contributed by atoms with Crippen LogP contribution < -0.4 is 15.9 Å². The predicted octanol–water partition coefficient (Wildman–Crippen LogP) is 2.98. The van der Waals surface area contributed by atoms with Crippen LogP contribution in [0.3, 0.4) is 0 Å². The molecule has 3 aliphatic rings. The van der Waals surface area contributed by atoms with Gasteiger partial charge in [0.25, 0.3) is 5.56 Å². The first kappa shape index (κ1) is 17.2. The quantitative estimate of drug-likeness (QED) is 0.669. The zero-order valence-electron chi connectivity index (χ0n) is 15.8. The minimum atomic E-state index is -0.447. The first-order chi connectivity index (χ1) is 14.0. The van der Waals surface area contributed by atoms with Crippen LogP contribution in [0, 0.1) is 11.2 Å². The summed E-state index contributed by atoms with van der Waals surface area (Å²) in [6, 6.07) is 3.32. The third-order valence-electron chi connectivity index (χ3n) is 6.45. The van der Waals surface area contributed by atoms with E-state index in [0.29, 0.717) is 29.1 Å². The lowest BCUT2D eigenvalue weighted by Gasteiger charge is -2.20. The molecule has 0 bridgehead atoms. The van der Waals surface area contributed by atoms with E-state index in [1.807, 2.05) is 9.47 Å². The fourth-order valence-corrected chi connectivity index (χ4v) is 5.57. The number of nitrogens with zero attached hydrogens (tertiary/aromatic N) is 3. The summed E-state index contributed by atoms with van der Waals surface area (Å²) in [6.07, 6.45) is 4.05. The molecule has 2 aromatic heterocycles. The van der Waals surface area contributed by atoms with E-state index in [9.17, 15) is 9.59 Å². The number of hydrogen-bond acceptors (Lipinski definition) is 6. The first-order valence-electron chi connectivity index (χ1n) is 9.77. The minimum Gasteiger partial charge on any atom is -0.399 e. The van der Waals surface area contributed by atoms with Crippen molar-refractivity contribution in [2.45, 2.75) is 31.7 Å². The highest BCUT2D eigenvalue weighted by atomic mass is 32.1. The Labute approximate surface area is 168 Å². The largest absolute Gasteiger partial charge is 0.399 e. The smallest absolute Gasteiger partial charge is 0.271 e. The molecule has 3 fully saturated rings. The number of H-pyrrole nitrogens is 1. The Morgan fingerprint density at radius 3 is 2.79 bits per heavy atom. The maximum absolute atomic E-state index is 15.2. The number of oxime groups is 1. The maximum Gasteiger partial charge on any atom is 0.271 e. The molecule has 7 nitrogen and oxygen atoms in total. The maximum atomic E-state index is 15.2. The van der Waals surface area contributed by atoms with Crippen LogP contribution in [0.5, 0.6) is 0 Å². The number of halogens is 1. The Morgan fingerprint density at radius 1 is 1.31 bits per heavy atom. The molecule has 150 valence electrons. The van der Waals surface area contributed by atoms with Crippen LogP contribution in [0.4, 0.5) is 10.1 Å². The van der Waals surface area contributed by atoms with Crippen LogP contribution in [0.2, 0.25) is 0 Å². The molecule has 9 heteroatoms. The van der Waals surface area contributed by atoms with E-state index < -0.39 is 16.8 Å². The normalized spacial score (nSPS) is 21.7. The highest BCUT2D eigenvalue weighted by Gasteiger charge is 2.54. The lowest BCUT2D eigenvalue weighted by Crippen LogP contribution is -2.22. The summed E-state index contributed by atoms with van der Waals surface area (Å²) in [7, 11) is 1.53. The molecule has 3 heterocycles. The van der Waals surface area contributed by atoms with Gasteiger partial charge in [0.05, 0.1) is 23.5 Å². The lowest BCUT2D eigenvalue weighted by molar-refractivity contribution is 0.211. The van der Waals surface area contributed by atoms with Gasteiger partial charge in [-0.2, -0.15) is 0 Å². The van der Waals surface area contributed by atoms with E-state index in [4.69, 9.17) is 4.84 Å². The van der Waals surface area contributed by atoms with Crippen molar-refractivity contribution in [3.8, 4) is 0 Å². The van der Waals surface area contributed by atoms with Crippen molar-refractivity contribution in [3.05, 3.63) is 38.5 Å². The van der Waals surface area contributed by atoms with Gasteiger partial charge in [-0.1, -0.05) is 5.16 Å². The number of anilines is 1. The van der Waals surface area contributed by atoms with Crippen molar-refractivity contribution in [2.24, 2.45) is 10.6 Å². The highest BCUT2D eigenvalue weighted by molar-refractivity contribution is 7.12. The molecule has 0 radical (unpaired) electrons. The molecule has 2 aliphatic carbocycles. The van der Waals surface area contributed by atoms with Crippen molar-refractivity contribution in [3.63, 3.8) is 0 Å². The van der Waals surface area contributed by atoms with Gasteiger partial charge < -0.3 is 14.3 Å². The Hall–Kier alpha value is -2.68. The zero-order chi connectivity index (χ0) is 19.9. The Bertz CT molecular complexity index is 1330. The molecular weight excluding hydrogens is 395 g/mol. The second kappa shape index (κ2) is 5.69. The van der Waals surface area contributed by atoms with Crippen molar-refractivity contribution >= 4 is 44.1 Å². The average Bonchev–Trinajstić information content (AvgIpc) is 3.59. The summed E-state index contributed by atoms with van der Waals surface area (Å²) in [5.74, 6) is -0.447. The molecule has 0 amide bonds. The van der Waals surface area contributed by atoms with Crippen LogP contribution in [-0.4, -0.2) is 34.9 Å². The molecule has 0 unspecified atom stereocenters. The van der Waals surface area contributed by atoms with Crippen molar-refractivity contribution in [1.29, 1.82) is 0 Å².